The first kappa shape index (κ1) is 12.2. The second-order valence-corrected chi connectivity index (χ2v) is 6.02. The summed E-state index contributed by atoms with van der Waals surface area (Å²) in [5.41, 5.74) is 4.30. The molecule has 18 heavy (non-hydrogen) atoms. The van der Waals surface area contributed by atoms with Crippen LogP contribution in [0.1, 0.15) is 16.8 Å². The number of hydrogen-bond donors (Lipinski definition) is 0. The highest BCUT2D eigenvalue weighted by molar-refractivity contribution is 9.09. The van der Waals surface area contributed by atoms with Crippen LogP contribution in [0, 0.1) is 13.8 Å². The SMILES string of the molecule is Cc1nc2c(C)cccc2c2c1CC(Cl)(CBr)O2. The quantitative estimate of drug-likeness (QED) is 0.736. The fourth-order valence-corrected chi connectivity index (χ4v) is 2.96. The smallest absolute Gasteiger partial charge is 0.196 e. The van der Waals surface area contributed by atoms with E-state index < -0.39 is 5.06 Å². The van der Waals surface area contributed by atoms with Gasteiger partial charge in [0.15, 0.2) is 5.06 Å². The van der Waals surface area contributed by atoms with Crippen LogP contribution in [0.2, 0.25) is 0 Å². The molecule has 2 nitrogen and oxygen atoms in total. The lowest BCUT2D eigenvalue weighted by molar-refractivity contribution is 0.218. The second kappa shape index (κ2) is 4.10. The van der Waals surface area contributed by atoms with E-state index in [1.54, 1.807) is 0 Å². The molecule has 0 N–H and O–H groups in total. The summed E-state index contributed by atoms with van der Waals surface area (Å²) in [5.74, 6) is 0.899. The number of alkyl halides is 2. The molecule has 1 aliphatic rings. The highest BCUT2D eigenvalue weighted by Gasteiger charge is 2.38. The van der Waals surface area contributed by atoms with Crippen molar-refractivity contribution in [3.63, 3.8) is 0 Å². The van der Waals surface area contributed by atoms with Crippen LogP contribution in [0.4, 0.5) is 0 Å². The first-order chi connectivity index (χ1) is 8.54. The number of aryl methyl sites for hydroxylation is 2. The first-order valence-corrected chi connectivity index (χ1v) is 7.37. The molecule has 1 aromatic heterocycles. The van der Waals surface area contributed by atoms with Crippen LogP contribution in [0.5, 0.6) is 5.75 Å². The average molecular weight is 327 g/mol. The zero-order chi connectivity index (χ0) is 12.9. The Balaban J connectivity index is 2.31. The molecule has 1 aromatic carbocycles. The molecule has 0 fully saturated rings. The standard InChI is InChI=1S/C14H13BrClNO/c1-8-4-3-5-10-12(8)17-9(2)11-6-14(16,7-15)18-13(10)11/h3-5H,6-7H2,1-2H3. The van der Waals surface area contributed by atoms with Gasteiger partial charge in [-0.25, -0.2) is 0 Å². The summed E-state index contributed by atoms with van der Waals surface area (Å²) in [4.78, 5) is 4.69. The van der Waals surface area contributed by atoms with Crippen molar-refractivity contribution in [3.05, 3.63) is 35.0 Å². The maximum atomic E-state index is 6.44. The summed E-state index contributed by atoms with van der Waals surface area (Å²) in [6.07, 6.45) is 0.692. The Morgan fingerprint density at radius 1 is 1.44 bits per heavy atom. The Bertz CT molecular complexity index is 643. The van der Waals surface area contributed by atoms with Crippen LogP contribution >= 0.6 is 27.5 Å². The molecule has 1 atom stereocenters. The summed E-state index contributed by atoms with van der Waals surface area (Å²) in [6.45, 7) is 4.08. The van der Waals surface area contributed by atoms with Gasteiger partial charge in [-0.3, -0.25) is 4.98 Å². The number of para-hydroxylation sites is 1. The number of ether oxygens (including phenoxy) is 1. The summed E-state index contributed by atoms with van der Waals surface area (Å²) in [7, 11) is 0. The van der Waals surface area contributed by atoms with E-state index in [9.17, 15) is 0 Å². The van der Waals surface area contributed by atoms with E-state index in [0.717, 1.165) is 33.5 Å². The molecule has 0 saturated carbocycles. The Morgan fingerprint density at radius 3 is 2.94 bits per heavy atom. The van der Waals surface area contributed by atoms with E-state index in [-0.39, 0.29) is 0 Å². The van der Waals surface area contributed by atoms with Crippen LogP contribution in [0.25, 0.3) is 10.9 Å². The van der Waals surface area contributed by atoms with Gasteiger partial charge < -0.3 is 4.74 Å². The van der Waals surface area contributed by atoms with Gasteiger partial charge in [-0.15, -0.1) is 0 Å². The third-order valence-electron chi connectivity index (χ3n) is 3.40. The number of pyridine rings is 1. The van der Waals surface area contributed by atoms with E-state index in [2.05, 4.69) is 28.9 Å². The van der Waals surface area contributed by atoms with Crippen LogP contribution in [0.3, 0.4) is 0 Å². The highest BCUT2D eigenvalue weighted by atomic mass is 79.9. The van der Waals surface area contributed by atoms with Gasteiger partial charge in [-0.1, -0.05) is 39.7 Å². The zero-order valence-corrected chi connectivity index (χ0v) is 12.6. The van der Waals surface area contributed by atoms with E-state index in [4.69, 9.17) is 21.3 Å². The monoisotopic (exact) mass is 325 g/mol. The number of fused-ring (bicyclic) bond motifs is 3. The van der Waals surface area contributed by atoms with Crippen molar-refractivity contribution in [2.24, 2.45) is 0 Å². The van der Waals surface area contributed by atoms with E-state index in [1.807, 2.05) is 19.1 Å². The largest absolute Gasteiger partial charge is 0.470 e. The van der Waals surface area contributed by atoms with E-state index >= 15 is 0 Å². The van der Waals surface area contributed by atoms with Crippen molar-refractivity contribution in [3.8, 4) is 5.75 Å². The van der Waals surface area contributed by atoms with Crippen molar-refractivity contribution in [2.75, 3.05) is 5.33 Å². The van der Waals surface area contributed by atoms with Gasteiger partial charge in [0.25, 0.3) is 0 Å². The topological polar surface area (TPSA) is 22.1 Å². The average Bonchev–Trinajstić information content (AvgIpc) is 2.71. The third kappa shape index (κ3) is 1.72. The van der Waals surface area contributed by atoms with Crippen LogP contribution < -0.4 is 4.74 Å². The van der Waals surface area contributed by atoms with Crippen LogP contribution in [-0.4, -0.2) is 15.4 Å². The molecular formula is C14H13BrClNO. The molecule has 0 bridgehead atoms. The lowest BCUT2D eigenvalue weighted by Gasteiger charge is -2.17. The molecule has 0 spiro atoms. The Kier molecular flexibility index (Phi) is 2.79. The number of rotatable bonds is 1. The fourth-order valence-electron chi connectivity index (χ4n) is 2.43. The Hall–Kier alpha value is -0.800. The molecule has 1 unspecified atom stereocenters. The summed E-state index contributed by atoms with van der Waals surface area (Å²) >= 11 is 9.85. The van der Waals surface area contributed by atoms with E-state index in [0.29, 0.717) is 11.8 Å². The van der Waals surface area contributed by atoms with Gasteiger partial charge in [0.2, 0.25) is 0 Å². The van der Waals surface area contributed by atoms with Gasteiger partial charge in [0, 0.05) is 23.1 Å². The van der Waals surface area contributed by atoms with Crippen molar-refractivity contribution >= 4 is 38.4 Å². The predicted octanol–water partition coefficient (Wildman–Crippen LogP) is 4.12. The Morgan fingerprint density at radius 2 is 2.22 bits per heavy atom. The van der Waals surface area contributed by atoms with Crippen LogP contribution in [0.15, 0.2) is 18.2 Å². The number of nitrogens with zero attached hydrogens (tertiary/aromatic N) is 1. The number of hydrogen-bond acceptors (Lipinski definition) is 2. The molecule has 0 radical (unpaired) electrons. The van der Waals surface area contributed by atoms with Crippen molar-refractivity contribution < 1.29 is 4.74 Å². The molecule has 3 rings (SSSR count). The summed E-state index contributed by atoms with van der Waals surface area (Å²) < 4.78 is 5.97. The van der Waals surface area contributed by atoms with Gasteiger partial charge in [-0.05, 0) is 25.5 Å². The normalized spacial score (nSPS) is 22.0. The maximum Gasteiger partial charge on any atom is 0.196 e. The fraction of sp³-hybridized carbons (Fsp3) is 0.357. The molecule has 1 aliphatic heterocycles. The minimum absolute atomic E-state index is 0.600. The molecule has 2 heterocycles. The van der Waals surface area contributed by atoms with Crippen molar-refractivity contribution in [1.82, 2.24) is 4.98 Å². The third-order valence-corrected chi connectivity index (χ3v) is 4.97. The van der Waals surface area contributed by atoms with E-state index in [1.165, 1.54) is 0 Å². The lowest BCUT2D eigenvalue weighted by Crippen LogP contribution is -2.28. The van der Waals surface area contributed by atoms with Crippen LogP contribution in [-0.2, 0) is 6.42 Å². The number of benzene rings is 1. The molecule has 94 valence electrons. The lowest BCUT2D eigenvalue weighted by atomic mass is 10.0. The second-order valence-electron chi connectivity index (χ2n) is 4.77. The zero-order valence-electron chi connectivity index (χ0n) is 10.3. The summed E-state index contributed by atoms with van der Waals surface area (Å²) in [5, 5.41) is 0.981. The molecular weight excluding hydrogens is 314 g/mol. The predicted molar refractivity (Wildman–Crippen MR) is 77.9 cm³/mol. The molecule has 2 aromatic rings. The minimum atomic E-state index is -0.674. The molecule has 4 heteroatoms. The van der Waals surface area contributed by atoms with Gasteiger partial charge in [0.1, 0.15) is 5.75 Å². The van der Waals surface area contributed by atoms with Gasteiger partial charge in [-0.2, -0.15) is 0 Å². The first-order valence-electron chi connectivity index (χ1n) is 5.87. The van der Waals surface area contributed by atoms with Crippen molar-refractivity contribution in [1.29, 1.82) is 0 Å². The maximum absolute atomic E-state index is 6.44. The minimum Gasteiger partial charge on any atom is -0.470 e. The highest BCUT2D eigenvalue weighted by Crippen LogP contribution is 2.44. The number of halogens is 2. The molecule has 0 aliphatic carbocycles. The number of aromatic nitrogens is 1. The summed E-state index contributed by atoms with van der Waals surface area (Å²) in [6, 6.07) is 6.14. The van der Waals surface area contributed by atoms with Gasteiger partial charge >= 0.3 is 0 Å². The van der Waals surface area contributed by atoms with Gasteiger partial charge in [0.05, 0.1) is 10.8 Å². The molecule has 0 saturated heterocycles. The molecule has 0 amide bonds. The Labute approximate surface area is 119 Å². The van der Waals surface area contributed by atoms with Crippen molar-refractivity contribution in [2.45, 2.75) is 25.3 Å².